The lowest BCUT2D eigenvalue weighted by atomic mass is 10.0. The zero-order chi connectivity index (χ0) is 19.4. The Morgan fingerprint density at radius 1 is 1.11 bits per heavy atom. The van der Waals surface area contributed by atoms with E-state index in [9.17, 15) is 13.2 Å². The highest BCUT2D eigenvalue weighted by Gasteiger charge is 2.37. The first-order valence-electron chi connectivity index (χ1n) is 9.02. The molecule has 0 saturated carbocycles. The Morgan fingerprint density at radius 2 is 1.78 bits per heavy atom. The summed E-state index contributed by atoms with van der Waals surface area (Å²) >= 11 is 3.32. The highest BCUT2D eigenvalue weighted by Crippen LogP contribution is 2.27. The van der Waals surface area contributed by atoms with Crippen LogP contribution in [0.25, 0.3) is 0 Å². The van der Waals surface area contributed by atoms with Crippen molar-refractivity contribution in [1.82, 2.24) is 9.62 Å². The van der Waals surface area contributed by atoms with Gasteiger partial charge in [-0.15, -0.1) is 0 Å². The molecule has 0 bridgehead atoms. The van der Waals surface area contributed by atoms with Gasteiger partial charge in [-0.2, -0.15) is 4.31 Å². The number of carbonyl (C=O) groups is 1. The minimum Gasteiger partial charge on any atom is -0.348 e. The van der Waals surface area contributed by atoms with Crippen molar-refractivity contribution < 1.29 is 13.2 Å². The van der Waals surface area contributed by atoms with Gasteiger partial charge < -0.3 is 5.32 Å². The number of nitrogens with zero attached hydrogens (tertiary/aromatic N) is 1. The van der Waals surface area contributed by atoms with Gasteiger partial charge in [0.15, 0.2) is 0 Å². The first kappa shape index (κ1) is 20.0. The second kappa shape index (κ2) is 8.54. The van der Waals surface area contributed by atoms with Crippen molar-refractivity contribution in [3.63, 3.8) is 0 Å². The fraction of sp³-hybridized carbons (Fsp3) is 0.350. The van der Waals surface area contributed by atoms with Crippen molar-refractivity contribution in [3.8, 4) is 0 Å². The van der Waals surface area contributed by atoms with Crippen molar-refractivity contribution >= 4 is 31.9 Å². The highest BCUT2D eigenvalue weighted by molar-refractivity contribution is 9.10. The normalized spacial score (nSPS) is 19.4. The number of rotatable bonds is 5. The van der Waals surface area contributed by atoms with E-state index in [1.54, 1.807) is 24.3 Å². The molecule has 0 aliphatic carbocycles. The molecule has 1 aliphatic rings. The van der Waals surface area contributed by atoms with Gasteiger partial charge in [-0.3, -0.25) is 4.79 Å². The third-order valence-corrected chi connectivity index (χ3v) is 7.29. The molecule has 1 fully saturated rings. The van der Waals surface area contributed by atoms with Gasteiger partial charge in [0.05, 0.1) is 10.9 Å². The van der Waals surface area contributed by atoms with Crippen LogP contribution in [0.1, 0.15) is 37.8 Å². The zero-order valence-electron chi connectivity index (χ0n) is 15.1. The van der Waals surface area contributed by atoms with Crippen molar-refractivity contribution in [1.29, 1.82) is 0 Å². The quantitative estimate of drug-likeness (QED) is 0.751. The monoisotopic (exact) mass is 450 g/mol. The second-order valence-corrected chi connectivity index (χ2v) is 9.53. The number of hydrogen-bond acceptors (Lipinski definition) is 3. The topological polar surface area (TPSA) is 66.5 Å². The van der Waals surface area contributed by atoms with E-state index in [4.69, 9.17) is 0 Å². The molecular weight excluding hydrogens is 428 g/mol. The lowest BCUT2D eigenvalue weighted by Crippen LogP contribution is -2.52. The molecule has 0 unspecified atom stereocenters. The Kier molecular flexibility index (Phi) is 6.34. The van der Waals surface area contributed by atoms with Gasteiger partial charge in [0.25, 0.3) is 0 Å². The van der Waals surface area contributed by atoms with Gasteiger partial charge in [0, 0.05) is 11.0 Å². The van der Waals surface area contributed by atoms with Crippen LogP contribution >= 0.6 is 15.9 Å². The number of halogens is 1. The molecule has 1 N–H and O–H groups in total. The predicted octanol–water partition coefficient (Wildman–Crippen LogP) is 3.87. The molecule has 1 saturated heterocycles. The zero-order valence-corrected chi connectivity index (χ0v) is 17.5. The predicted molar refractivity (Wildman–Crippen MR) is 109 cm³/mol. The molecule has 27 heavy (non-hydrogen) atoms. The van der Waals surface area contributed by atoms with Crippen LogP contribution < -0.4 is 5.32 Å². The van der Waals surface area contributed by atoms with E-state index in [0.717, 1.165) is 22.9 Å². The molecule has 7 heteroatoms. The SMILES string of the molecule is C[C@@H](NC(=O)[C@@H]1CCCCN1S(=O)(=O)c1ccc(Br)cc1)c1ccccc1. The summed E-state index contributed by atoms with van der Waals surface area (Å²) in [5.41, 5.74) is 0.990. The second-order valence-electron chi connectivity index (χ2n) is 6.72. The lowest BCUT2D eigenvalue weighted by Gasteiger charge is -2.34. The Balaban J connectivity index is 1.80. The molecule has 1 heterocycles. The Bertz CT molecular complexity index is 885. The Hall–Kier alpha value is -1.70. The molecule has 144 valence electrons. The highest BCUT2D eigenvalue weighted by atomic mass is 79.9. The lowest BCUT2D eigenvalue weighted by molar-refractivity contribution is -0.126. The van der Waals surface area contributed by atoms with Crippen LogP contribution in [0.2, 0.25) is 0 Å². The van der Waals surface area contributed by atoms with E-state index in [1.165, 1.54) is 4.31 Å². The van der Waals surface area contributed by atoms with Gasteiger partial charge in [0.2, 0.25) is 15.9 Å². The van der Waals surface area contributed by atoms with Gasteiger partial charge >= 0.3 is 0 Å². The minimum atomic E-state index is -3.72. The fourth-order valence-corrected chi connectivity index (χ4v) is 5.25. The van der Waals surface area contributed by atoms with Crippen molar-refractivity contribution in [2.75, 3.05) is 6.54 Å². The maximum absolute atomic E-state index is 13.1. The van der Waals surface area contributed by atoms with Gasteiger partial charge in [-0.25, -0.2) is 8.42 Å². The summed E-state index contributed by atoms with van der Waals surface area (Å²) < 4.78 is 28.4. The summed E-state index contributed by atoms with van der Waals surface area (Å²) in [6, 6.07) is 15.3. The number of carbonyl (C=O) groups excluding carboxylic acids is 1. The van der Waals surface area contributed by atoms with Crippen LogP contribution in [0.3, 0.4) is 0 Å². The van der Waals surface area contributed by atoms with E-state index in [-0.39, 0.29) is 16.8 Å². The van der Waals surface area contributed by atoms with Crippen LogP contribution in [-0.2, 0) is 14.8 Å². The van der Waals surface area contributed by atoms with Gasteiger partial charge in [-0.1, -0.05) is 52.7 Å². The first-order valence-corrected chi connectivity index (χ1v) is 11.3. The third-order valence-electron chi connectivity index (χ3n) is 4.83. The van der Waals surface area contributed by atoms with E-state index < -0.39 is 16.1 Å². The van der Waals surface area contributed by atoms with E-state index in [0.29, 0.717) is 13.0 Å². The van der Waals surface area contributed by atoms with Crippen LogP contribution in [0.4, 0.5) is 0 Å². The summed E-state index contributed by atoms with van der Waals surface area (Å²) in [7, 11) is -3.72. The molecule has 5 nitrogen and oxygen atoms in total. The number of piperidine rings is 1. The molecule has 0 radical (unpaired) electrons. The number of hydrogen-bond donors (Lipinski definition) is 1. The molecule has 1 amide bonds. The maximum Gasteiger partial charge on any atom is 0.243 e. The Morgan fingerprint density at radius 3 is 2.44 bits per heavy atom. The van der Waals surface area contributed by atoms with Crippen LogP contribution in [0, 0.1) is 0 Å². The van der Waals surface area contributed by atoms with E-state index in [1.807, 2.05) is 37.3 Å². The molecule has 1 aliphatic heterocycles. The van der Waals surface area contributed by atoms with E-state index >= 15 is 0 Å². The molecule has 2 atom stereocenters. The average Bonchev–Trinajstić information content (AvgIpc) is 2.69. The molecule has 0 aromatic heterocycles. The number of nitrogens with one attached hydrogen (secondary N) is 1. The number of amides is 1. The van der Waals surface area contributed by atoms with Crippen molar-refractivity contribution in [2.45, 2.75) is 43.2 Å². The molecule has 2 aromatic rings. The standard InChI is InChI=1S/C20H23BrN2O3S/c1-15(16-7-3-2-4-8-16)22-20(24)19-9-5-6-14-23(19)27(25,26)18-12-10-17(21)11-13-18/h2-4,7-8,10-13,15,19H,5-6,9,14H2,1H3,(H,22,24)/t15-,19+/m1/s1. The van der Waals surface area contributed by atoms with Crippen molar-refractivity contribution in [2.24, 2.45) is 0 Å². The van der Waals surface area contributed by atoms with E-state index in [2.05, 4.69) is 21.2 Å². The van der Waals surface area contributed by atoms with Crippen LogP contribution in [-0.4, -0.2) is 31.2 Å². The summed E-state index contributed by atoms with van der Waals surface area (Å²) in [6.07, 6.45) is 2.13. The third kappa shape index (κ3) is 4.59. The molecular formula is C20H23BrN2O3S. The van der Waals surface area contributed by atoms with Crippen LogP contribution in [0.5, 0.6) is 0 Å². The summed E-state index contributed by atoms with van der Waals surface area (Å²) in [6.45, 7) is 2.26. The minimum absolute atomic E-state index is 0.183. The summed E-state index contributed by atoms with van der Waals surface area (Å²) in [5, 5.41) is 2.98. The first-order chi connectivity index (χ1) is 12.9. The average molecular weight is 451 g/mol. The largest absolute Gasteiger partial charge is 0.348 e. The van der Waals surface area contributed by atoms with Gasteiger partial charge in [0.1, 0.15) is 6.04 Å². The Labute approximate surface area is 169 Å². The molecule has 3 rings (SSSR count). The van der Waals surface area contributed by atoms with Crippen molar-refractivity contribution in [3.05, 3.63) is 64.6 Å². The fourth-order valence-electron chi connectivity index (χ4n) is 3.33. The summed E-state index contributed by atoms with van der Waals surface area (Å²) in [5.74, 6) is -0.244. The number of sulfonamides is 1. The smallest absolute Gasteiger partial charge is 0.243 e. The van der Waals surface area contributed by atoms with Gasteiger partial charge in [-0.05, 0) is 49.6 Å². The van der Waals surface area contributed by atoms with Crippen LogP contribution in [0.15, 0.2) is 64.0 Å². The molecule has 2 aromatic carbocycles. The maximum atomic E-state index is 13.1. The molecule has 0 spiro atoms. The summed E-state index contributed by atoms with van der Waals surface area (Å²) in [4.78, 5) is 13.1. The number of benzene rings is 2.